The van der Waals surface area contributed by atoms with Gasteiger partial charge in [0.05, 0.1) is 0 Å². The molecule has 1 unspecified atom stereocenters. The molecule has 100 valence electrons. The highest BCUT2D eigenvalue weighted by Gasteiger charge is 2.16. The average Bonchev–Trinajstić information content (AvgIpc) is 2.39. The van der Waals surface area contributed by atoms with Crippen LogP contribution < -0.4 is 5.32 Å². The summed E-state index contributed by atoms with van der Waals surface area (Å²) in [5, 5.41) is 3.45. The summed E-state index contributed by atoms with van der Waals surface area (Å²) in [6.45, 7) is 7.44. The Hall–Kier alpha value is -0.930. The van der Waals surface area contributed by atoms with Crippen molar-refractivity contribution in [1.82, 2.24) is 10.2 Å². The molecule has 0 aliphatic carbocycles. The maximum atomic E-state index is 13.2. The summed E-state index contributed by atoms with van der Waals surface area (Å²) in [7, 11) is 0. The molecule has 0 amide bonds. The largest absolute Gasteiger partial charge is 0.316 e. The van der Waals surface area contributed by atoms with Crippen LogP contribution >= 0.6 is 0 Å². The van der Waals surface area contributed by atoms with Gasteiger partial charge in [-0.1, -0.05) is 19.1 Å². The highest BCUT2D eigenvalue weighted by Crippen LogP contribution is 2.14. The lowest BCUT2D eigenvalue weighted by molar-refractivity contribution is 0.209. The number of piperidine rings is 1. The Morgan fingerprint density at radius 3 is 3.00 bits per heavy atom. The quantitative estimate of drug-likeness (QED) is 0.864. The number of hydrogen-bond donors (Lipinski definition) is 1. The van der Waals surface area contributed by atoms with Gasteiger partial charge >= 0.3 is 0 Å². The van der Waals surface area contributed by atoms with Gasteiger partial charge in [-0.25, -0.2) is 4.39 Å². The molecule has 0 radical (unpaired) electrons. The Balaban J connectivity index is 1.88. The van der Waals surface area contributed by atoms with Crippen LogP contribution in [-0.2, 0) is 6.54 Å². The van der Waals surface area contributed by atoms with Crippen molar-refractivity contribution >= 4 is 0 Å². The van der Waals surface area contributed by atoms with Gasteiger partial charge in [0.2, 0.25) is 0 Å². The molecule has 1 aliphatic heterocycles. The van der Waals surface area contributed by atoms with E-state index in [0.29, 0.717) is 0 Å². The molecule has 2 nitrogen and oxygen atoms in total. The molecule has 1 saturated heterocycles. The Bertz CT molecular complexity index is 361. The highest BCUT2D eigenvalue weighted by molar-refractivity contribution is 5.16. The van der Waals surface area contributed by atoms with Gasteiger partial charge in [-0.05, 0) is 56.1 Å². The predicted octanol–water partition coefficient (Wildman–Crippen LogP) is 2.65. The zero-order valence-electron chi connectivity index (χ0n) is 11.2. The summed E-state index contributed by atoms with van der Waals surface area (Å²) in [5.41, 5.74) is 1.07. The van der Waals surface area contributed by atoms with Gasteiger partial charge in [0, 0.05) is 13.1 Å². The summed E-state index contributed by atoms with van der Waals surface area (Å²) in [6.07, 6.45) is 2.59. The molecule has 1 atom stereocenters. The van der Waals surface area contributed by atoms with Crippen LogP contribution in [0.4, 0.5) is 4.39 Å². The van der Waals surface area contributed by atoms with E-state index < -0.39 is 0 Å². The minimum atomic E-state index is -0.136. The second-order valence-electron chi connectivity index (χ2n) is 5.17. The lowest BCUT2D eigenvalue weighted by Gasteiger charge is -2.29. The van der Waals surface area contributed by atoms with Crippen molar-refractivity contribution in [2.45, 2.75) is 26.3 Å². The smallest absolute Gasteiger partial charge is 0.123 e. The van der Waals surface area contributed by atoms with E-state index in [2.05, 4.69) is 17.1 Å². The van der Waals surface area contributed by atoms with E-state index in [4.69, 9.17) is 0 Å². The molecule has 1 heterocycles. The molecule has 1 aliphatic rings. The fourth-order valence-electron chi connectivity index (χ4n) is 2.64. The van der Waals surface area contributed by atoms with Crippen molar-refractivity contribution in [3.63, 3.8) is 0 Å². The lowest BCUT2D eigenvalue weighted by atomic mass is 9.99. The monoisotopic (exact) mass is 250 g/mol. The molecule has 0 aromatic heterocycles. The fourth-order valence-corrected chi connectivity index (χ4v) is 2.64. The van der Waals surface area contributed by atoms with Crippen LogP contribution in [0.2, 0.25) is 0 Å². The molecular formula is C15H23FN2. The maximum Gasteiger partial charge on any atom is 0.123 e. The molecular weight excluding hydrogens is 227 g/mol. The van der Waals surface area contributed by atoms with Crippen LogP contribution in [0.25, 0.3) is 0 Å². The SMILES string of the molecule is CCN(Cc1cccc(F)c1)CC1CCCNC1. The summed E-state index contributed by atoms with van der Waals surface area (Å²) >= 11 is 0. The third-order valence-corrected chi connectivity index (χ3v) is 3.66. The molecule has 1 aromatic rings. The summed E-state index contributed by atoms with van der Waals surface area (Å²) in [4.78, 5) is 2.41. The van der Waals surface area contributed by atoms with E-state index in [0.717, 1.165) is 44.2 Å². The predicted molar refractivity (Wildman–Crippen MR) is 72.9 cm³/mol. The number of nitrogens with one attached hydrogen (secondary N) is 1. The van der Waals surface area contributed by atoms with E-state index >= 15 is 0 Å². The molecule has 18 heavy (non-hydrogen) atoms. The van der Waals surface area contributed by atoms with E-state index in [1.165, 1.54) is 18.9 Å². The van der Waals surface area contributed by atoms with Crippen LogP contribution in [0, 0.1) is 11.7 Å². The maximum absolute atomic E-state index is 13.2. The van der Waals surface area contributed by atoms with Crippen molar-refractivity contribution < 1.29 is 4.39 Å². The first-order chi connectivity index (χ1) is 8.78. The molecule has 1 fully saturated rings. The van der Waals surface area contributed by atoms with Gasteiger partial charge in [0.25, 0.3) is 0 Å². The van der Waals surface area contributed by atoms with E-state index in [1.807, 2.05) is 6.07 Å². The Morgan fingerprint density at radius 1 is 1.44 bits per heavy atom. The van der Waals surface area contributed by atoms with Crippen LogP contribution in [0.3, 0.4) is 0 Å². The molecule has 3 heteroatoms. The van der Waals surface area contributed by atoms with Crippen LogP contribution in [-0.4, -0.2) is 31.1 Å². The Kier molecular flexibility index (Phi) is 5.14. The lowest BCUT2D eigenvalue weighted by Crippen LogP contribution is -2.38. The molecule has 0 saturated carbocycles. The number of hydrogen-bond acceptors (Lipinski definition) is 2. The zero-order chi connectivity index (χ0) is 12.8. The topological polar surface area (TPSA) is 15.3 Å². The number of rotatable bonds is 5. The summed E-state index contributed by atoms with van der Waals surface area (Å²) in [5.74, 6) is 0.607. The van der Waals surface area contributed by atoms with E-state index in [-0.39, 0.29) is 5.82 Å². The van der Waals surface area contributed by atoms with Crippen LogP contribution in [0.15, 0.2) is 24.3 Å². The van der Waals surface area contributed by atoms with Crippen LogP contribution in [0.1, 0.15) is 25.3 Å². The number of nitrogens with zero attached hydrogens (tertiary/aromatic N) is 1. The van der Waals surface area contributed by atoms with Crippen molar-refractivity contribution in [3.8, 4) is 0 Å². The summed E-state index contributed by atoms with van der Waals surface area (Å²) < 4.78 is 13.2. The van der Waals surface area contributed by atoms with Gasteiger partial charge in [-0.3, -0.25) is 4.90 Å². The number of benzene rings is 1. The minimum Gasteiger partial charge on any atom is -0.316 e. The van der Waals surface area contributed by atoms with E-state index in [1.54, 1.807) is 12.1 Å². The molecule has 2 rings (SSSR count). The third-order valence-electron chi connectivity index (χ3n) is 3.66. The van der Waals surface area contributed by atoms with Crippen molar-refractivity contribution in [3.05, 3.63) is 35.6 Å². The first kappa shape index (κ1) is 13.5. The molecule has 1 aromatic carbocycles. The highest BCUT2D eigenvalue weighted by atomic mass is 19.1. The van der Waals surface area contributed by atoms with Crippen molar-refractivity contribution in [2.24, 2.45) is 5.92 Å². The third kappa shape index (κ3) is 4.07. The molecule has 0 spiro atoms. The van der Waals surface area contributed by atoms with Gasteiger partial charge in [-0.15, -0.1) is 0 Å². The van der Waals surface area contributed by atoms with E-state index in [9.17, 15) is 4.39 Å². The zero-order valence-corrected chi connectivity index (χ0v) is 11.2. The Labute approximate surface area is 109 Å². The summed E-state index contributed by atoms with van der Waals surface area (Å²) in [6, 6.07) is 6.94. The number of halogens is 1. The van der Waals surface area contributed by atoms with Gasteiger partial charge in [0.1, 0.15) is 5.82 Å². The average molecular weight is 250 g/mol. The van der Waals surface area contributed by atoms with Gasteiger partial charge in [0.15, 0.2) is 0 Å². The first-order valence-corrected chi connectivity index (χ1v) is 6.95. The van der Waals surface area contributed by atoms with Crippen molar-refractivity contribution in [1.29, 1.82) is 0 Å². The fraction of sp³-hybridized carbons (Fsp3) is 0.600. The van der Waals surface area contributed by atoms with Gasteiger partial charge in [-0.2, -0.15) is 0 Å². The minimum absolute atomic E-state index is 0.136. The Morgan fingerprint density at radius 2 is 2.33 bits per heavy atom. The van der Waals surface area contributed by atoms with Crippen LogP contribution in [0.5, 0.6) is 0 Å². The standard InChI is InChI=1S/C15H23FN2/c1-2-18(12-14-6-4-8-17-10-14)11-13-5-3-7-15(16)9-13/h3,5,7,9,14,17H,2,4,6,8,10-12H2,1H3. The normalized spacial score (nSPS) is 20.3. The second-order valence-corrected chi connectivity index (χ2v) is 5.17. The van der Waals surface area contributed by atoms with Gasteiger partial charge < -0.3 is 5.32 Å². The molecule has 0 bridgehead atoms. The first-order valence-electron chi connectivity index (χ1n) is 6.95. The second kappa shape index (κ2) is 6.86. The van der Waals surface area contributed by atoms with Crippen molar-refractivity contribution in [2.75, 3.05) is 26.2 Å². The molecule has 1 N–H and O–H groups in total.